The highest BCUT2D eigenvalue weighted by Gasteiger charge is 2.31. The van der Waals surface area contributed by atoms with Crippen LogP contribution in [-0.2, 0) is 0 Å². The summed E-state index contributed by atoms with van der Waals surface area (Å²) in [5, 5.41) is 6.57. The fourth-order valence-electron chi connectivity index (χ4n) is 1.51. The molecule has 4 heteroatoms. The molecule has 0 spiro atoms. The van der Waals surface area contributed by atoms with E-state index in [1.807, 2.05) is 7.05 Å². The zero-order valence-corrected chi connectivity index (χ0v) is 7.95. The van der Waals surface area contributed by atoms with E-state index in [-0.39, 0.29) is 15.8 Å². The van der Waals surface area contributed by atoms with E-state index < -0.39 is 0 Å². The maximum Gasteiger partial charge on any atom is 0.00524 e. The summed E-state index contributed by atoms with van der Waals surface area (Å²) in [6.45, 7) is 3.36. The van der Waals surface area contributed by atoms with Crippen LogP contribution < -0.4 is 10.6 Å². The minimum Gasteiger partial charge on any atom is -0.319 e. The highest BCUT2D eigenvalue weighted by atomic mass is 32.1. The lowest BCUT2D eigenvalue weighted by atomic mass is 9.90. The Morgan fingerprint density at radius 3 is 2.58 bits per heavy atom. The summed E-state index contributed by atoms with van der Waals surface area (Å²) in [7, 11) is 2.00. The van der Waals surface area contributed by atoms with Crippen LogP contribution in [0, 0.1) is 5.41 Å². The van der Waals surface area contributed by atoms with Gasteiger partial charge in [0.15, 0.2) is 0 Å². The molecule has 2 N–H and O–H groups in total. The quantitative estimate of drug-likeness (QED) is 0.439. The second-order valence-corrected chi connectivity index (χ2v) is 3.43. The first-order valence-corrected chi connectivity index (χ1v) is 4.42. The van der Waals surface area contributed by atoms with Crippen LogP contribution in [0.15, 0.2) is 0 Å². The molecule has 1 rings (SSSR count). The Labute approximate surface area is 83.9 Å². The standard InChI is InChI=1S/C7H16N2S.CH4.B/c1-8-4-7(6-10)2-3-9-5-7;;/h8-10H,2-6H2,1H3;1H4;. The van der Waals surface area contributed by atoms with Gasteiger partial charge in [0.05, 0.1) is 0 Å². The molecule has 1 aliphatic rings. The van der Waals surface area contributed by atoms with Crippen molar-refractivity contribution < 1.29 is 0 Å². The van der Waals surface area contributed by atoms with Crippen LogP contribution in [0.25, 0.3) is 0 Å². The minimum absolute atomic E-state index is 0. The van der Waals surface area contributed by atoms with Crippen molar-refractivity contribution in [2.75, 3.05) is 32.4 Å². The van der Waals surface area contributed by atoms with Crippen molar-refractivity contribution in [1.82, 2.24) is 10.6 Å². The van der Waals surface area contributed by atoms with Crippen LogP contribution in [0.3, 0.4) is 0 Å². The van der Waals surface area contributed by atoms with E-state index in [0.29, 0.717) is 5.41 Å². The van der Waals surface area contributed by atoms with Crippen molar-refractivity contribution in [2.45, 2.75) is 13.8 Å². The topological polar surface area (TPSA) is 24.1 Å². The molecular weight excluding hydrogens is 167 g/mol. The maximum atomic E-state index is 4.36. The van der Waals surface area contributed by atoms with Gasteiger partial charge in [-0.25, -0.2) is 0 Å². The summed E-state index contributed by atoms with van der Waals surface area (Å²) in [5.74, 6) is 0.987. The molecule has 1 atom stereocenters. The van der Waals surface area contributed by atoms with E-state index >= 15 is 0 Å². The fourth-order valence-corrected chi connectivity index (χ4v) is 1.89. The lowest BCUT2D eigenvalue weighted by molar-refractivity contribution is 0.361. The molecule has 2 nitrogen and oxygen atoms in total. The molecule has 1 saturated heterocycles. The number of rotatable bonds is 3. The Morgan fingerprint density at radius 2 is 2.25 bits per heavy atom. The van der Waals surface area contributed by atoms with E-state index in [4.69, 9.17) is 0 Å². The lowest BCUT2D eigenvalue weighted by Crippen LogP contribution is -2.36. The van der Waals surface area contributed by atoms with E-state index in [2.05, 4.69) is 23.3 Å². The maximum absolute atomic E-state index is 4.36. The third kappa shape index (κ3) is 3.38. The van der Waals surface area contributed by atoms with Gasteiger partial charge in [0.25, 0.3) is 0 Å². The molecule has 0 amide bonds. The average molecular weight is 187 g/mol. The predicted octanol–water partition coefficient (Wildman–Crippen LogP) is 0.371. The molecule has 1 heterocycles. The van der Waals surface area contributed by atoms with E-state index in [0.717, 1.165) is 25.4 Å². The molecule has 0 aromatic carbocycles. The first-order chi connectivity index (χ1) is 4.83. The van der Waals surface area contributed by atoms with Gasteiger partial charge >= 0.3 is 0 Å². The smallest absolute Gasteiger partial charge is 0.00524 e. The molecule has 1 unspecified atom stereocenters. The Hall–Kier alpha value is 0.335. The van der Waals surface area contributed by atoms with Gasteiger partial charge in [0, 0.05) is 26.9 Å². The van der Waals surface area contributed by atoms with E-state index in [1.54, 1.807) is 0 Å². The Balaban J connectivity index is 0. The number of thiol groups is 1. The predicted molar refractivity (Wildman–Crippen MR) is 60.2 cm³/mol. The van der Waals surface area contributed by atoms with Crippen molar-refractivity contribution in [3.8, 4) is 0 Å². The summed E-state index contributed by atoms with van der Waals surface area (Å²) in [6.07, 6.45) is 1.26. The molecule has 71 valence electrons. The van der Waals surface area contributed by atoms with Gasteiger partial charge in [-0.2, -0.15) is 12.6 Å². The molecule has 0 bridgehead atoms. The number of hydrogen-bond donors (Lipinski definition) is 3. The molecule has 0 aromatic rings. The van der Waals surface area contributed by atoms with Gasteiger partial charge < -0.3 is 10.6 Å². The van der Waals surface area contributed by atoms with Gasteiger partial charge in [-0.15, -0.1) is 0 Å². The van der Waals surface area contributed by atoms with Crippen LogP contribution >= 0.6 is 12.6 Å². The fraction of sp³-hybridized carbons (Fsp3) is 1.00. The minimum atomic E-state index is 0. The Kier molecular flexibility index (Phi) is 8.42. The van der Waals surface area contributed by atoms with Gasteiger partial charge in [-0.1, -0.05) is 7.43 Å². The normalized spacial score (nSPS) is 27.5. The third-order valence-electron chi connectivity index (χ3n) is 2.22. The van der Waals surface area contributed by atoms with Gasteiger partial charge in [0.1, 0.15) is 0 Å². The SMILES string of the molecule is C.CNCC1(CS)CCNC1.[B]. The van der Waals surface area contributed by atoms with Gasteiger partial charge in [-0.3, -0.25) is 0 Å². The van der Waals surface area contributed by atoms with Crippen LogP contribution in [-0.4, -0.2) is 40.8 Å². The first-order valence-electron chi connectivity index (χ1n) is 3.79. The van der Waals surface area contributed by atoms with Crippen LogP contribution in [0.1, 0.15) is 13.8 Å². The van der Waals surface area contributed by atoms with Crippen molar-refractivity contribution in [3.63, 3.8) is 0 Å². The second-order valence-electron chi connectivity index (χ2n) is 3.12. The summed E-state index contributed by atoms with van der Waals surface area (Å²) < 4.78 is 0. The summed E-state index contributed by atoms with van der Waals surface area (Å²) in [5.41, 5.74) is 0.428. The zero-order chi connectivity index (χ0) is 7.45. The molecule has 0 aromatic heterocycles. The summed E-state index contributed by atoms with van der Waals surface area (Å²) >= 11 is 4.36. The molecule has 0 saturated carbocycles. The molecule has 0 aliphatic carbocycles. The summed E-state index contributed by atoms with van der Waals surface area (Å²) in [6, 6.07) is 0. The van der Waals surface area contributed by atoms with Crippen LogP contribution in [0.5, 0.6) is 0 Å². The average Bonchev–Trinajstić information content (AvgIpc) is 2.39. The summed E-state index contributed by atoms with van der Waals surface area (Å²) in [4.78, 5) is 0. The monoisotopic (exact) mass is 187 g/mol. The second kappa shape index (κ2) is 6.81. The Morgan fingerprint density at radius 1 is 1.58 bits per heavy atom. The molecule has 1 fully saturated rings. The molecule has 3 radical (unpaired) electrons. The highest BCUT2D eigenvalue weighted by Crippen LogP contribution is 2.25. The van der Waals surface area contributed by atoms with Crippen molar-refractivity contribution >= 4 is 21.0 Å². The molecular formula is C8H20BN2S. The highest BCUT2D eigenvalue weighted by molar-refractivity contribution is 7.80. The van der Waals surface area contributed by atoms with E-state index in [9.17, 15) is 0 Å². The molecule has 1 aliphatic heterocycles. The number of hydrogen-bond acceptors (Lipinski definition) is 3. The van der Waals surface area contributed by atoms with Crippen LogP contribution in [0.2, 0.25) is 0 Å². The Bertz CT molecular complexity index is 105. The van der Waals surface area contributed by atoms with Crippen molar-refractivity contribution in [3.05, 3.63) is 0 Å². The largest absolute Gasteiger partial charge is 0.319 e. The van der Waals surface area contributed by atoms with Gasteiger partial charge in [0.2, 0.25) is 0 Å². The molecule has 12 heavy (non-hydrogen) atoms. The first kappa shape index (κ1) is 14.8. The number of nitrogens with one attached hydrogen (secondary N) is 2. The lowest BCUT2D eigenvalue weighted by Gasteiger charge is -2.25. The van der Waals surface area contributed by atoms with Crippen LogP contribution in [0.4, 0.5) is 0 Å². The third-order valence-corrected chi connectivity index (χ3v) is 2.89. The zero-order valence-electron chi connectivity index (χ0n) is 7.06. The van der Waals surface area contributed by atoms with Crippen molar-refractivity contribution in [1.29, 1.82) is 0 Å². The van der Waals surface area contributed by atoms with Crippen molar-refractivity contribution in [2.24, 2.45) is 5.41 Å². The van der Waals surface area contributed by atoms with E-state index in [1.165, 1.54) is 6.42 Å². The van der Waals surface area contributed by atoms with Gasteiger partial charge in [-0.05, 0) is 25.8 Å².